The van der Waals surface area contributed by atoms with Crippen molar-refractivity contribution in [2.45, 2.75) is 71.4 Å². The molecule has 1 aliphatic rings. The lowest BCUT2D eigenvalue weighted by Gasteiger charge is -2.34. The molecule has 1 amide bonds. The first-order chi connectivity index (χ1) is 22.8. The van der Waals surface area contributed by atoms with Crippen molar-refractivity contribution in [1.82, 2.24) is 19.9 Å². The van der Waals surface area contributed by atoms with E-state index in [1.165, 1.54) is 6.92 Å². The average Bonchev–Trinajstić information content (AvgIpc) is 3.03. The monoisotopic (exact) mass is 666 g/mol. The van der Waals surface area contributed by atoms with Gasteiger partial charge in [0.25, 0.3) is 0 Å². The van der Waals surface area contributed by atoms with Crippen molar-refractivity contribution in [1.29, 1.82) is 0 Å². The highest BCUT2D eigenvalue weighted by Crippen LogP contribution is 2.39. The van der Waals surface area contributed by atoms with Crippen LogP contribution >= 0.6 is 0 Å². The lowest BCUT2D eigenvalue weighted by molar-refractivity contribution is -0.214. The summed E-state index contributed by atoms with van der Waals surface area (Å²) in [4.78, 5) is 28.0. The Morgan fingerprint density at radius 1 is 1.04 bits per heavy atom. The minimum atomic E-state index is -4.50. The molecule has 2 aromatic heterocycles. The molecule has 0 bridgehead atoms. The van der Waals surface area contributed by atoms with Crippen molar-refractivity contribution >= 4 is 28.5 Å². The maximum absolute atomic E-state index is 13.5. The van der Waals surface area contributed by atoms with E-state index in [4.69, 9.17) is 19.2 Å². The van der Waals surface area contributed by atoms with Crippen LogP contribution in [0.3, 0.4) is 0 Å². The highest BCUT2D eigenvalue weighted by atomic mass is 19.4. The normalized spacial score (nSPS) is 16.0. The van der Waals surface area contributed by atoms with Crippen molar-refractivity contribution in [3.8, 4) is 22.9 Å². The minimum Gasteiger partial charge on any atom is -0.444 e. The number of benzene rings is 2. The predicted molar refractivity (Wildman–Crippen MR) is 178 cm³/mol. The molecule has 2 aromatic carbocycles. The third-order valence-corrected chi connectivity index (χ3v) is 7.73. The van der Waals surface area contributed by atoms with E-state index in [9.17, 15) is 18.0 Å². The number of rotatable bonds is 10. The summed E-state index contributed by atoms with van der Waals surface area (Å²) in [6, 6.07) is 14.4. The van der Waals surface area contributed by atoms with E-state index >= 15 is 0 Å². The van der Waals surface area contributed by atoms with E-state index in [0.29, 0.717) is 58.4 Å². The molecule has 0 spiro atoms. The van der Waals surface area contributed by atoms with Gasteiger partial charge in [-0.3, -0.25) is 0 Å². The minimum absolute atomic E-state index is 0.0534. The largest absolute Gasteiger partial charge is 0.444 e. The van der Waals surface area contributed by atoms with Gasteiger partial charge in [0.05, 0.1) is 17.8 Å². The Morgan fingerprint density at radius 2 is 1.85 bits per heavy atom. The average molecular weight is 667 g/mol. The maximum Gasteiger partial charge on any atom is 0.416 e. The number of anilines is 2. The molecule has 0 radical (unpaired) electrons. The molecule has 48 heavy (non-hydrogen) atoms. The number of nitrogens with zero attached hydrogens (tertiary/aromatic N) is 4. The van der Waals surface area contributed by atoms with Crippen LogP contribution in [0.2, 0.25) is 0 Å². The zero-order chi connectivity index (χ0) is 34.5. The van der Waals surface area contributed by atoms with Crippen LogP contribution in [0.4, 0.5) is 29.6 Å². The van der Waals surface area contributed by atoms with E-state index in [-0.39, 0.29) is 18.7 Å². The van der Waals surface area contributed by atoms with E-state index in [0.717, 1.165) is 18.4 Å². The van der Waals surface area contributed by atoms with E-state index < -0.39 is 24.4 Å². The molecule has 10 nitrogen and oxygen atoms in total. The smallest absolute Gasteiger partial charge is 0.416 e. The number of nitrogens with one attached hydrogen (secondary N) is 2. The van der Waals surface area contributed by atoms with E-state index in [1.54, 1.807) is 41.6 Å². The van der Waals surface area contributed by atoms with Crippen LogP contribution in [0.15, 0.2) is 60.9 Å². The molecule has 0 aliphatic carbocycles. The Hall–Kier alpha value is -4.65. The number of alkyl halides is 3. The van der Waals surface area contributed by atoms with Gasteiger partial charge in [-0.2, -0.15) is 13.2 Å². The van der Waals surface area contributed by atoms with E-state index in [2.05, 4.69) is 20.6 Å². The number of likely N-dealkylation sites (tertiary alicyclic amines) is 1. The molecular weight excluding hydrogens is 625 g/mol. The Morgan fingerprint density at radius 3 is 2.60 bits per heavy atom. The molecule has 256 valence electrons. The third-order valence-electron chi connectivity index (χ3n) is 7.73. The van der Waals surface area contributed by atoms with Gasteiger partial charge in [-0.25, -0.2) is 19.7 Å². The second-order valence-corrected chi connectivity index (χ2v) is 12.6. The first-order valence-electron chi connectivity index (χ1n) is 16.0. The molecule has 1 saturated heterocycles. The number of carbonyl (C=O) groups is 1. The number of aryl methyl sites for hydroxylation is 1. The Bertz CT molecular complexity index is 1730. The zero-order valence-electron chi connectivity index (χ0n) is 27.7. The molecule has 5 rings (SSSR count). The van der Waals surface area contributed by atoms with Crippen LogP contribution in [-0.2, 0) is 9.47 Å². The SMILES string of the molecule is CCO[C@@H](CNc1cccc2c(Oc3ncccc3-c3ccnc(NC4CCCN(C(=O)OC(C)(C)C)C4)n3)c(C)ccc12)C(F)(F)F. The van der Waals surface area contributed by atoms with Crippen LogP contribution in [-0.4, -0.2) is 76.1 Å². The van der Waals surface area contributed by atoms with Crippen molar-refractivity contribution in [2.24, 2.45) is 0 Å². The number of hydrogen-bond donors (Lipinski definition) is 2. The number of piperidine rings is 1. The Balaban J connectivity index is 1.37. The second-order valence-electron chi connectivity index (χ2n) is 12.6. The Kier molecular flexibility index (Phi) is 10.6. The van der Waals surface area contributed by atoms with Crippen LogP contribution < -0.4 is 15.4 Å². The Labute approximate surface area is 278 Å². The van der Waals surface area contributed by atoms with Gasteiger partial charge in [0.15, 0.2) is 6.10 Å². The van der Waals surface area contributed by atoms with Crippen molar-refractivity contribution in [3.63, 3.8) is 0 Å². The lowest BCUT2D eigenvalue weighted by atomic mass is 10.0. The number of amides is 1. The number of aromatic nitrogens is 3. The molecule has 2 atom stereocenters. The summed E-state index contributed by atoms with van der Waals surface area (Å²) in [5.74, 6) is 1.23. The summed E-state index contributed by atoms with van der Waals surface area (Å²) in [6.45, 7) is 9.55. The summed E-state index contributed by atoms with van der Waals surface area (Å²) in [6.07, 6.45) is -1.87. The summed E-state index contributed by atoms with van der Waals surface area (Å²) < 4.78 is 57.4. The fourth-order valence-electron chi connectivity index (χ4n) is 5.51. The fraction of sp³-hybridized carbons (Fsp3) is 0.429. The summed E-state index contributed by atoms with van der Waals surface area (Å²) in [5, 5.41) is 7.67. The van der Waals surface area contributed by atoms with Gasteiger partial charge >= 0.3 is 12.3 Å². The first kappa shape index (κ1) is 34.7. The zero-order valence-corrected chi connectivity index (χ0v) is 27.7. The van der Waals surface area contributed by atoms with Gasteiger partial charge in [-0.05, 0) is 77.3 Å². The van der Waals surface area contributed by atoms with Crippen LogP contribution in [0.5, 0.6) is 11.6 Å². The number of carbonyl (C=O) groups excluding carboxylic acids is 1. The van der Waals surface area contributed by atoms with Gasteiger partial charge in [0.2, 0.25) is 11.8 Å². The molecule has 1 aliphatic heterocycles. The van der Waals surface area contributed by atoms with Crippen LogP contribution in [0, 0.1) is 6.92 Å². The standard InChI is InChI=1S/C35H41F3N6O4/c1-6-46-29(35(36,37)38)20-41-27-13-7-11-25-24(27)15-14-22(2)30(25)47-31-26(12-8-17-39-31)28-16-18-40-32(43-28)42-23-10-9-19-44(21-23)33(45)48-34(3,4)5/h7-8,11-18,23,29,41H,6,9-10,19-21H2,1-5H3,(H,40,42,43)/t23?,29-/m0/s1. The number of pyridine rings is 1. The summed E-state index contributed by atoms with van der Waals surface area (Å²) in [5.41, 5.74) is 1.95. The van der Waals surface area contributed by atoms with Gasteiger partial charge in [-0.1, -0.05) is 24.3 Å². The number of fused-ring (bicyclic) bond motifs is 1. The van der Waals surface area contributed by atoms with Crippen molar-refractivity contribution in [2.75, 3.05) is 36.9 Å². The lowest BCUT2D eigenvalue weighted by Crippen LogP contribution is -2.47. The van der Waals surface area contributed by atoms with Gasteiger partial charge in [0.1, 0.15) is 11.4 Å². The molecule has 4 aromatic rings. The molecule has 1 unspecified atom stereocenters. The van der Waals surface area contributed by atoms with E-state index in [1.807, 2.05) is 52.0 Å². The topological polar surface area (TPSA) is 111 Å². The van der Waals surface area contributed by atoms with Crippen LogP contribution in [0.25, 0.3) is 22.0 Å². The van der Waals surface area contributed by atoms with Gasteiger partial charge in [-0.15, -0.1) is 0 Å². The molecule has 3 heterocycles. The van der Waals surface area contributed by atoms with Crippen LogP contribution in [0.1, 0.15) is 46.1 Å². The maximum atomic E-state index is 13.5. The van der Waals surface area contributed by atoms with Crippen molar-refractivity contribution < 1.29 is 32.2 Å². The number of ether oxygens (including phenoxy) is 3. The predicted octanol–water partition coefficient (Wildman–Crippen LogP) is 7.98. The third kappa shape index (κ3) is 8.62. The van der Waals surface area contributed by atoms with Gasteiger partial charge < -0.3 is 29.7 Å². The first-order valence-corrected chi connectivity index (χ1v) is 16.0. The highest BCUT2D eigenvalue weighted by molar-refractivity contribution is 5.98. The number of hydrogen-bond acceptors (Lipinski definition) is 9. The summed E-state index contributed by atoms with van der Waals surface area (Å²) >= 11 is 0. The molecule has 13 heteroatoms. The quantitative estimate of drug-likeness (QED) is 0.174. The van der Waals surface area contributed by atoms with Gasteiger partial charge in [0, 0.05) is 54.6 Å². The molecule has 2 N–H and O–H groups in total. The summed E-state index contributed by atoms with van der Waals surface area (Å²) in [7, 11) is 0. The molecule has 0 saturated carbocycles. The second kappa shape index (κ2) is 14.6. The fourth-order valence-corrected chi connectivity index (χ4v) is 5.51. The van der Waals surface area contributed by atoms with Crippen molar-refractivity contribution in [3.05, 3.63) is 66.5 Å². The molecular formula is C35H41F3N6O4. The highest BCUT2D eigenvalue weighted by Gasteiger charge is 2.40. The number of halogens is 3. The molecule has 1 fully saturated rings.